The van der Waals surface area contributed by atoms with Gasteiger partial charge in [-0.05, 0) is 40.5 Å². The molecule has 202 valence electrons. The maximum atomic E-state index is 13.0. The van der Waals surface area contributed by atoms with Crippen molar-refractivity contribution in [2.24, 2.45) is 0 Å². The number of benzene rings is 4. The van der Waals surface area contributed by atoms with E-state index in [1.54, 1.807) is 24.3 Å². The van der Waals surface area contributed by atoms with Crippen LogP contribution >= 0.6 is 0 Å². The highest BCUT2D eigenvalue weighted by molar-refractivity contribution is 5.91. The molecule has 0 spiro atoms. The fraction of sp³-hybridized carbons (Fsp3) is 0.0938. The van der Waals surface area contributed by atoms with E-state index >= 15 is 0 Å². The van der Waals surface area contributed by atoms with Gasteiger partial charge in [0.25, 0.3) is 5.91 Å². The Balaban J connectivity index is 1.60. The van der Waals surface area contributed by atoms with Gasteiger partial charge in [-0.15, -0.1) is 0 Å². The highest BCUT2D eigenvalue weighted by Gasteiger charge is 2.38. The van der Waals surface area contributed by atoms with E-state index in [-0.39, 0.29) is 0 Å². The molecular formula is C32H28N2O6. The molecule has 0 heterocycles. The number of hydrogen-bond donors (Lipinski definition) is 3. The molecule has 40 heavy (non-hydrogen) atoms. The van der Waals surface area contributed by atoms with Crippen molar-refractivity contribution in [2.75, 3.05) is 18.0 Å². The van der Waals surface area contributed by atoms with Crippen molar-refractivity contribution in [3.63, 3.8) is 0 Å². The Labute approximate surface area is 231 Å². The van der Waals surface area contributed by atoms with E-state index in [0.29, 0.717) is 11.3 Å². The molecule has 0 radical (unpaired) electrons. The van der Waals surface area contributed by atoms with Gasteiger partial charge in [0.15, 0.2) is 5.60 Å². The van der Waals surface area contributed by atoms with Crippen molar-refractivity contribution in [1.29, 1.82) is 0 Å². The van der Waals surface area contributed by atoms with Gasteiger partial charge in [-0.2, -0.15) is 0 Å². The van der Waals surface area contributed by atoms with Crippen LogP contribution in [-0.4, -0.2) is 41.1 Å². The number of anilines is 1. The number of rotatable bonds is 12. The van der Waals surface area contributed by atoms with Crippen molar-refractivity contribution in [2.45, 2.75) is 5.60 Å². The number of hydrogen-bond acceptors (Lipinski definition) is 5. The van der Waals surface area contributed by atoms with Crippen molar-refractivity contribution in [3.8, 4) is 0 Å². The number of hydroxylamine groups is 1. The predicted octanol–water partition coefficient (Wildman–Crippen LogP) is 4.72. The summed E-state index contributed by atoms with van der Waals surface area (Å²) in [6, 6.07) is 35.4. The van der Waals surface area contributed by atoms with Crippen LogP contribution in [0.3, 0.4) is 0 Å². The van der Waals surface area contributed by atoms with Gasteiger partial charge in [-0.1, -0.05) is 103 Å². The fourth-order valence-electron chi connectivity index (χ4n) is 4.42. The molecule has 8 nitrogen and oxygen atoms in total. The highest BCUT2D eigenvalue weighted by atomic mass is 16.7. The van der Waals surface area contributed by atoms with Crippen LogP contribution in [0.4, 0.5) is 5.69 Å². The van der Waals surface area contributed by atoms with E-state index in [2.05, 4.69) is 5.48 Å². The van der Waals surface area contributed by atoms with Crippen molar-refractivity contribution in [3.05, 3.63) is 144 Å². The summed E-state index contributed by atoms with van der Waals surface area (Å²) in [5, 5.41) is 18.3. The van der Waals surface area contributed by atoms with Crippen molar-refractivity contribution < 1.29 is 29.4 Å². The number of carbonyl (C=O) groups is 3. The summed E-state index contributed by atoms with van der Waals surface area (Å²) in [6.45, 7) is -0.956. The largest absolute Gasteiger partial charge is 0.480 e. The van der Waals surface area contributed by atoms with Gasteiger partial charge >= 0.3 is 11.9 Å². The van der Waals surface area contributed by atoms with Crippen LogP contribution in [0.15, 0.2) is 121 Å². The quantitative estimate of drug-likeness (QED) is 0.136. The maximum absolute atomic E-state index is 13.0. The summed E-state index contributed by atoms with van der Waals surface area (Å²) < 4.78 is 0. The number of amides is 1. The lowest BCUT2D eigenvalue weighted by Gasteiger charge is -2.34. The van der Waals surface area contributed by atoms with Gasteiger partial charge in [0.1, 0.15) is 13.1 Å². The molecule has 0 aromatic heterocycles. The molecule has 0 saturated heterocycles. The summed E-state index contributed by atoms with van der Waals surface area (Å²) in [4.78, 5) is 42.9. The Morgan fingerprint density at radius 2 is 1.18 bits per heavy atom. The zero-order chi connectivity index (χ0) is 28.4. The molecule has 1 amide bonds. The van der Waals surface area contributed by atoms with Gasteiger partial charge in [0.2, 0.25) is 0 Å². The molecular weight excluding hydrogens is 508 g/mol. The minimum absolute atomic E-state index is 0.403. The van der Waals surface area contributed by atoms with E-state index < -0.39 is 36.5 Å². The minimum atomic E-state index is -1.16. The zero-order valence-electron chi connectivity index (χ0n) is 21.5. The second-order valence-electron chi connectivity index (χ2n) is 8.92. The second kappa shape index (κ2) is 13.0. The summed E-state index contributed by atoms with van der Waals surface area (Å²) in [5.41, 5.74) is 4.89. The van der Waals surface area contributed by atoms with E-state index in [4.69, 9.17) is 15.1 Å². The van der Waals surface area contributed by atoms with Crippen LogP contribution in [0, 0.1) is 0 Å². The number of carbonyl (C=O) groups excluding carboxylic acids is 1. The van der Waals surface area contributed by atoms with Crippen LogP contribution in [0.1, 0.15) is 22.3 Å². The number of aliphatic carboxylic acids is 2. The first kappa shape index (κ1) is 27.8. The summed E-state index contributed by atoms with van der Waals surface area (Å²) in [5.74, 6) is -2.83. The molecule has 0 aliphatic carbocycles. The summed E-state index contributed by atoms with van der Waals surface area (Å²) in [6.07, 6.45) is 2.83. The Bertz CT molecular complexity index is 1360. The molecule has 0 unspecified atom stereocenters. The zero-order valence-corrected chi connectivity index (χ0v) is 21.5. The van der Waals surface area contributed by atoms with Crippen LogP contribution in [-0.2, 0) is 24.8 Å². The van der Waals surface area contributed by atoms with Gasteiger partial charge in [-0.3, -0.25) is 19.2 Å². The van der Waals surface area contributed by atoms with Gasteiger partial charge in [-0.25, -0.2) is 5.48 Å². The molecule has 3 N–H and O–H groups in total. The first-order chi connectivity index (χ1) is 19.4. The third kappa shape index (κ3) is 6.80. The first-order valence-corrected chi connectivity index (χ1v) is 12.5. The Kier molecular flexibility index (Phi) is 9.07. The molecule has 0 saturated carbocycles. The average Bonchev–Trinajstić information content (AvgIpc) is 2.97. The molecule has 0 fully saturated rings. The third-order valence-corrected chi connectivity index (χ3v) is 6.16. The molecule has 4 rings (SSSR count). The molecule has 0 atom stereocenters. The Morgan fingerprint density at radius 3 is 1.62 bits per heavy atom. The lowest BCUT2D eigenvalue weighted by atomic mass is 9.80. The van der Waals surface area contributed by atoms with E-state index in [1.165, 1.54) is 17.1 Å². The third-order valence-electron chi connectivity index (χ3n) is 6.16. The molecule has 8 heteroatoms. The van der Waals surface area contributed by atoms with Gasteiger partial charge < -0.3 is 15.1 Å². The SMILES string of the molecule is O=C(O)CN(CC(=O)O)c1cccc(C=CC(=O)NOC(c2ccccc2)(c2ccccc2)c2ccccc2)c1. The van der Waals surface area contributed by atoms with Crippen LogP contribution in [0.2, 0.25) is 0 Å². The normalized spacial score (nSPS) is 11.2. The monoisotopic (exact) mass is 536 g/mol. The van der Waals surface area contributed by atoms with Crippen molar-refractivity contribution >= 4 is 29.6 Å². The lowest BCUT2D eigenvalue weighted by molar-refractivity contribution is -0.138. The summed E-state index contributed by atoms with van der Waals surface area (Å²) in [7, 11) is 0. The fourth-order valence-corrected chi connectivity index (χ4v) is 4.42. The van der Waals surface area contributed by atoms with E-state index in [1.807, 2.05) is 91.0 Å². The standard InChI is InChI=1S/C32H28N2O6/c35-29(20-19-24-11-10-18-28(21-24)34(22-30(36)37)23-31(38)39)33-40-32(25-12-4-1-5-13-25,26-14-6-2-7-15-26)27-16-8-3-9-17-27/h1-21H,22-23H2,(H,33,35)(H,36,37)(H,38,39). The minimum Gasteiger partial charge on any atom is -0.480 e. The summed E-state index contributed by atoms with van der Waals surface area (Å²) >= 11 is 0. The van der Waals surface area contributed by atoms with Crippen LogP contribution in [0.25, 0.3) is 6.08 Å². The van der Waals surface area contributed by atoms with Crippen LogP contribution in [0.5, 0.6) is 0 Å². The average molecular weight is 537 g/mol. The topological polar surface area (TPSA) is 116 Å². The number of carboxylic acids is 2. The molecule has 0 aliphatic heterocycles. The lowest BCUT2D eigenvalue weighted by Crippen LogP contribution is -2.40. The smallest absolute Gasteiger partial charge is 0.323 e. The number of nitrogens with one attached hydrogen (secondary N) is 1. The predicted molar refractivity (Wildman–Crippen MR) is 151 cm³/mol. The van der Waals surface area contributed by atoms with Gasteiger partial charge in [0.05, 0.1) is 0 Å². The molecule has 0 bridgehead atoms. The first-order valence-electron chi connectivity index (χ1n) is 12.5. The maximum Gasteiger partial charge on any atom is 0.323 e. The molecule has 0 aliphatic rings. The second-order valence-corrected chi connectivity index (χ2v) is 8.92. The Morgan fingerprint density at radius 1 is 0.700 bits per heavy atom. The highest BCUT2D eigenvalue weighted by Crippen LogP contribution is 2.39. The van der Waals surface area contributed by atoms with Crippen LogP contribution < -0.4 is 10.4 Å². The van der Waals surface area contributed by atoms with E-state index in [9.17, 15) is 14.4 Å². The number of nitrogens with zero attached hydrogens (tertiary/aromatic N) is 1. The van der Waals surface area contributed by atoms with E-state index in [0.717, 1.165) is 16.7 Å². The molecule has 4 aromatic carbocycles. The van der Waals surface area contributed by atoms with Crippen molar-refractivity contribution in [1.82, 2.24) is 5.48 Å². The molecule has 4 aromatic rings. The van der Waals surface area contributed by atoms with Gasteiger partial charge in [0, 0.05) is 11.8 Å². The Hall–Kier alpha value is -5.21. The number of carboxylic acid groups (broad SMARTS) is 2.